The normalized spacial score (nSPS) is 12.2. The van der Waals surface area contributed by atoms with Gasteiger partial charge in [-0.15, -0.1) is 11.3 Å². The molecular formula is C18H13N3O3S. The van der Waals surface area contributed by atoms with Gasteiger partial charge in [0.05, 0.1) is 16.6 Å². The molecule has 0 radical (unpaired) electrons. The van der Waals surface area contributed by atoms with Crippen LogP contribution in [-0.4, -0.2) is 15.1 Å². The van der Waals surface area contributed by atoms with Crippen LogP contribution in [0, 0.1) is 0 Å². The first-order valence-corrected chi connectivity index (χ1v) is 8.46. The van der Waals surface area contributed by atoms with Crippen molar-refractivity contribution in [2.45, 2.75) is 6.23 Å². The zero-order valence-electron chi connectivity index (χ0n) is 12.9. The number of anilines is 1. The minimum Gasteiger partial charge on any atom is -0.454 e. The Balaban J connectivity index is 1.82. The van der Waals surface area contributed by atoms with Crippen molar-refractivity contribution < 1.29 is 9.52 Å². The molecule has 0 bridgehead atoms. The predicted molar refractivity (Wildman–Crippen MR) is 96.4 cm³/mol. The number of aliphatic hydroxyl groups excluding tert-OH is 1. The molecule has 4 rings (SSSR count). The number of para-hydroxylation sites is 1. The van der Waals surface area contributed by atoms with Crippen LogP contribution in [0.15, 0.2) is 68.9 Å². The van der Waals surface area contributed by atoms with Gasteiger partial charge in [0.2, 0.25) is 0 Å². The Labute approximate surface area is 146 Å². The summed E-state index contributed by atoms with van der Waals surface area (Å²) in [6, 6.07) is 10.2. The van der Waals surface area contributed by atoms with Crippen LogP contribution in [0.3, 0.4) is 0 Å². The molecule has 1 unspecified atom stereocenters. The maximum atomic E-state index is 12.5. The minimum atomic E-state index is -0.996. The van der Waals surface area contributed by atoms with Gasteiger partial charge in [0, 0.05) is 29.4 Å². The van der Waals surface area contributed by atoms with E-state index in [0.29, 0.717) is 33.7 Å². The Morgan fingerprint density at radius 1 is 1.24 bits per heavy atom. The molecule has 1 aromatic carbocycles. The smallest absolute Gasteiger partial charge is 0.193 e. The molecular weight excluding hydrogens is 338 g/mol. The lowest BCUT2D eigenvalue weighted by molar-refractivity contribution is 0.204. The fourth-order valence-corrected chi connectivity index (χ4v) is 3.09. The Morgan fingerprint density at radius 3 is 2.92 bits per heavy atom. The molecule has 0 aliphatic rings. The van der Waals surface area contributed by atoms with Gasteiger partial charge in [-0.3, -0.25) is 9.78 Å². The molecule has 0 amide bonds. The summed E-state index contributed by atoms with van der Waals surface area (Å²) >= 11 is 1.39. The molecule has 0 saturated carbocycles. The van der Waals surface area contributed by atoms with Crippen LogP contribution < -0.4 is 10.7 Å². The summed E-state index contributed by atoms with van der Waals surface area (Å²) in [4.78, 5) is 20.6. The third kappa shape index (κ3) is 3.02. The van der Waals surface area contributed by atoms with E-state index in [9.17, 15) is 9.90 Å². The highest BCUT2D eigenvalue weighted by Crippen LogP contribution is 2.28. The van der Waals surface area contributed by atoms with E-state index in [1.54, 1.807) is 47.5 Å². The number of thiazole rings is 1. The van der Waals surface area contributed by atoms with Crippen LogP contribution >= 0.6 is 11.3 Å². The van der Waals surface area contributed by atoms with Gasteiger partial charge in [0.15, 0.2) is 17.2 Å². The van der Waals surface area contributed by atoms with Crippen LogP contribution in [0.4, 0.5) is 5.69 Å². The highest BCUT2D eigenvalue weighted by molar-refractivity contribution is 7.07. The molecule has 0 spiro atoms. The zero-order chi connectivity index (χ0) is 17.2. The SMILES string of the molecule is O=c1cc(-c2cccnc2)oc2c(NC(O)c3cscn3)cccc12. The van der Waals surface area contributed by atoms with E-state index in [1.165, 1.54) is 17.4 Å². The summed E-state index contributed by atoms with van der Waals surface area (Å²) in [6.07, 6.45) is 2.29. The largest absolute Gasteiger partial charge is 0.454 e. The second kappa shape index (κ2) is 6.46. The van der Waals surface area contributed by atoms with Gasteiger partial charge in [-0.25, -0.2) is 4.98 Å². The van der Waals surface area contributed by atoms with Gasteiger partial charge in [0.1, 0.15) is 11.5 Å². The summed E-state index contributed by atoms with van der Waals surface area (Å²) in [5, 5.41) is 15.4. The molecule has 0 aliphatic carbocycles. The first-order valence-electron chi connectivity index (χ1n) is 7.52. The van der Waals surface area contributed by atoms with Crippen molar-refractivity contribution in [3.8, 4) is 11.3 Å². The van der Waals surface area contributed by atoms with Crippen molar-refractivity contribution in [2.24, 2.45) is 0 Å². The van der Waals surface area contributed by atoms with Gasteiger partial charge >= 0.3 is 0 Å². The minimum absolute atomic E-state index is 0.160. The number of hydrogen-bond acceptors (Lipinski definition) is 7. The average Bonchev–Trinajstić information content (AvgIpc) is 3.18. The quantitative estimate of drug-likeness (QED) is 0.548. The number of aromatic nitrogens is 2. The van der Waals surface area contributed by atoms with E-state index >= 15 is 0 Å². The van der Waals surface area contributed by atoms with E-state index in [2.05, 4.69) is 15.3 Å². The number of nitrogens with one attached hydrogen (secondary N) is 1. The van der Waals surface area contributed by atoms with Gasteiger partial charge in [-0.2, -0.15) is 0 Å². The van der Waals surface area contributed by atoms with Crippen molar-refractivity contribution in [1.82, 2.24) is 9.97 Å². The predicted octanol–water partition coefficient (Wildman–Crippen LogP) is 3.41. The van der Waals surface area contributed by atoms with E-state index in [4.69, 9.17) is 4.42 Å². The second-order valence-electron chi connectivity index (χ2n) is 5.36. The van der Waals surface area contributed by atoms with Gasteiger partial charge < -0.3 is 14.8 Å². The lowest BCUT2D eigenvalue weighted by Crippen LogP contribution is -2.11. The summed E-state index contributed by atoms with van der Waals surface area (Å²) in [7, 11) is 0. The molecule has 1 atom stereocenters. The summed E-state index contributed by atoms with van der Waals surface area (Å²) in [5.41, 5.74) is 3.59. The molecule has 3 aromatic heterocycles. The van der Waals surface area contributed by atoms with E-state index in [0.717, 1.165) is 0 Å². The molecule has 3 heterocycles. The van der Waals surface area contributed by atoms with Gasteiger partial charge in [-0.05, 0) is 24.3 Å². The summed E-state index contributed by atoms with van der Waals surface area (Å²) in [6.45, 7) is 0. The number of fused-ring (bicyclic) bond motifs is 1. The Bertz CT molecular complexity index is 1060. The number of aliphatic hydroxyl groups is 1. The van der Waals surface area contributed by atoms with E-state index in [-0.39, 0.29) is 5.43 Å². The van der Waals surface area contributed by atoms with Crippen molar-refractivity contribution in [2.75, 3.05) is 5.32 Å². The molecule has 4 aromatic rings. The standard InChI is InChI=1S/C18H13N3O3S/c22-15-7-16(11-3-2-6-19-8-11)24-17-12(15)4-1-5-13(17)21-18(23)14-9-25-10-20-14/h1-10,18,21,23H. The van der Waals surface area contributed by atoms with Crippen LogP contribution in [0.5, 0.6) is 0 Å². The fraction of sp³-hybridized carbons (Fsp3) is 0.0556. The first kappa shape index (κ1) is 15.5. The molecule has 0 aliphatic heterocycles. The molecule has 0 fully saturated rings. The molecule has 7 heteroatoms. The number of hydrogen-bond donors (Lipinski definition) is 2. The van der Waals surface area contributed by atoms with Crippen molar-refractivity contribution in [1.29, 1.82) is 0 Å². The van der Waals surface area contributed by atoms with E-state index in [1.807, 2.05) is 6.07 Å². The molecule has 0 saturated heterocycles. The first-order chi connectivity index (χ1) is 12.2. The number of pyridine rings is 1. The Morgan fingerprint density at radius 2 is 2.16 bits per heavy atom. The van der Waals surface area contributed by atoms with Crippen molar-refractivity contribution in [3.05, 3.63) is 75.6 Å². The summed E-state index contributed by atoms with van der Waals surface area (Å²) in [5.74, 6) is 0.419. The lowest BCUT2D eigenvalue weighted by Gasteiger charge is -2.14. The summed E-state index contributed by atoms with van der Waals surface area (Å²) < 4.78 is 5.95. The van der Waals surface area contributed by atoms with Crippen molar-refractivity contribution in [3.63, 3.8) is 0 Å². The zero-order valence-corrected chi connectivity index (χ0v) is 13.7. The molecule has 6 nitrogen and oxygen atoms in total. The van der Waals surface area contributed by atoms with Gasteiger partial charge in [0.25, 0.3) is 0 Å². The molecule has 124 valence electrons. The second-order valence-corrected chi connectivity index (χ2v) is 6.08. The highest BCUT2D eigenvalue weighted by atomic mass is 32.1. The number of rotatable bonds is 4. The number of benzene rings is 1. The highest BCUT2D eigenvalue weighted by Gasteiger charge is 2.14. The Hall–Kier alpha value is -3.03. The average molecular weight is 351 g/mol. The van der Waals surface area contributed by atoms with Crippen LogP contribution in [0.25, 0.3) is 22.3 Å². The third-order valence-electron chi connectivity index (χ3n) is 3.72. The lowest BCUT2D eigenvalue weighted by atomic mass is 10.1. The molecule has 25 heavy (non-hydrogen) atoms. The van der Waals surface area contributed by atoms with Gasteiger partial charge in [-0.1, -0.05) is 6.07 Å². The monoisotopic (exact) mass is 351 g/mol. The van der Waals surface area contributed by atoms with Crippen LogP contribution in [-0.2, 0) is 0 Å². The maximum Gasteiger partial charge on any atom is 0.193 e. The van der Waals surface area contributed by atoms with Crippen LogP contribution in [0.1, 0.15) is 11.9 Å². The molecule has 2 N–H and O–H groups in total. The van der Waals surface area contributed by atoms with E-state index < -0.39 is 6.23 Å². The third-order valence-corrected chi connectivity index (χ3v) is 4.33. The topological polar surface area (TPSA) is 88.2 Å². The van der Waals surface area contributed by atoms with Crippen molar-refractivity contribution >= 4 is 28.0 Å². The fourth-order valence-electron chi connectivity index (χ4n) is 2.52. The maximum absolute atomic E-state index is 12.5. The number of nitrogens with zero attached hydrogens (tertiary/aromatic N) is 2. The Kier molecular flexibility index (Phi) is 4.01. The van der Waals surface area contributed by atoms with Crippen LogP contribution in [0.2, 0.25) is 0 Å².